The molecule has 17 heavy (non-hydrogen) atoms. The monoisotopic (exact) mass is 231 g/mol. The van der Waals surface area contributed by atoms with Gasteiger partial charge in [-0.1, -0.05) is 18.7 Å². The van der Waals surface area contributed by atoms with Crippen LogP contribution in [0.25, 0.3) is 0 Å². The van der Waals surface area contributed by atoms with Gasteiger partial charge in [0.2, 0.25) is 0 Å². The first-order valence-corrected chi connectivity index (χ1v) is 5.36. The van der Waals surface area contributed by atoms with Crippen LogP contribution in [0.4, 0.5) is 0 Å². The zero-order chi connectivity index (χ0) is 12.4. The van der Waals surface area contributed by atoms with E-state index in [1.54, 1.807) is 31.2 Å². The van der Waals surface area contributed by atoms with Crippen LogP contribution in [0.2, 0.25) is 0 Å². The molecule has 0 saturated carbocycles. The van der Waals surface area contributed by atoms with Gasteiger partial charge in [0.05, 0.1) is 23.4 Å². The van der Waals surface area contributed by atoms with Gasteiger partial charge >= 0.3 is 0 Å². The molecule has 0 fully saturated rings. The van der Waals surface area contributed by atoms with Crippen molar-refractivity contribution in [3.05, 3.63) is 48.2 Å². The number of amides is 2. The average Bonchev–Trinajstić information content (AvgIpc) is 2.60. The fraction of sp³-hybridized carbons (Fsp3) is 0.231. The third-order valence-corrected chi connectivity index (χ3v) is 2.72. The normalized spacial score (nSPS) is 15.7. The Morgan fingerprint density at radius 3 is 2.29 bits per heavy atom. The van der Waals surface area contributed by atoms with E-state index in [-0.39, 0.29) is 24.5 Å². The maximum absolute atomic E-state index is 12.0. The van der Waals surface area contributed by atoms with Gasteiger partial charge in [-0.05, 0) is 19.1 Å². The number of fused-ring (bicyclic) bond motifs is 1. The summed E-state index contributed by atoms with van der Waals surface area (Å²) >= 11 is 0. The number of hydrogen-bond acceptors (Lipinski definition) is 3. The largest absolute Gasteiger partial charge is 0.500 e. The third kappa shape index (κ3) is 1.82. The first kappa shape index (κ1) is 11.4. The molecule has 0 saturated heterocycles. The Labute approximate surface area is 99.5 Å². The first-order chi connectivity index (χ1) is 8.16. The second kappa shape index (κ2) is 4.41. The predicted octanol–water partition coefficient (Wildman–Crippen LogP) is 1.83. The molecule has 1 unspecified atom stereocenters. The topological polar surface area (TPSA) is 46.6 Å². The molecular weight excluding hydrogens is 218 g/mol. The van der Waals surface area contributed by atoms with E-state index in [2.05, 4.69) is 6.58 Å². The summed E-state index contributed by atoms with van der Waals surface area (Å²) in [6.07, 6.45) is 1.30. The molecule has 1 heterocycles. The van der Waals surface area contributed by atoms with Crippen LogP contribution in [-0.4, -0.2) is 29.4 Å². The maximum Gasteiger partial charge on any atom is 0.261 e. The van der Waals surface area contributed by atoms with Crippen LogP contribution in [0.3, 0.4) is 0 Å². The van der Waals surface area contributed by atoms with Gasteiger partial charge in [-0.25, -0.2) is 0 Å². The second-order valence-corrected chi connectivity index (χ2v) is 3.87. The van der Waals surface area contributed by atoms with Gasteiger partial charge in [0, 0.05) is 0 Å². The van der Waals surface area contributed by atoms with Crippen molar-refractivity contribution in [2.75, 3.05) is 6.61 Å². The van der Waals surface area contributed by atoms with Gasteiger partial charge in [0.1, 0.15) is 6.61 Å². The fourth-order valence-corrected chi connectivity index (χ4v) is 1.89. The van der Waals surface area contributed by atoms with Crippen LogP contribution in [0, 0.1) is 0 Å². The van der Waals surface area contributed by atoms with E-state index >= 15 is 0 Å². The molecule has 0 N–H and O–H groups in total. The third-order valence-electron chi connectivity index (χ3n) is 2.72. The summed E-state index contributed by atoms with van der Waals surface area (Å²) in [5.74, 6) is -0.517. The van der Waals surface area contributed by atoms with E-state index in [9.17, 15) is 9.59 Å². The van der Waals surface area contributed by atoms with Crippen molar-refractivity contribution in [1.82, 2.24) is 4.90 Å². The van der Waals surface area contributed by atoms with Crippen molar-refractivity contribution >= 4 is 11.8 Å². The van der Waals surface area contributed by atoms with Crippen molar-refractivity contribution in [1.29, 1.82) is 0 Å². The molecule has 1 aliphatic heterocycles. The lowest BCUT2D eigenvalue weighted by Gasteiger charge is -2.21. The Hall–Kier alpha value is -2.10. The summed E-state index contributed by atoms with van der Waals surface area (Å²) in [6.45, 7) is 5.45. The van der Waals surface area contributed by atoms with E-state index < -0.39 is 0 Å². The standard InChI is InChI=1S/C13H13NO3/c1-3-17-8-9(2)14-12(15)10-6-4-5-7-11(10)13(14)16/h3-7,9H,1,8H2,2H3. The van der Waals surface area contributed by atoms with Gasteiger partial charge in [0.15, 0.2) is 0 Å². The fourth-order valence-electron chi connectivity index (χ4n) is 1.89. The van der Waals surface area contributed by atoms with Gasteiger partial charge in [-0.2, -0.15) is 0 Å². The zero-order valence-corrected chi connectivity index (χ0v) is 9.55. The van der Waals surface area contributed by atoms with Crippen molar-refractivity contribution in [3.63, 3.8) is 0 Å². The number of carbonyl (C=O) groups excluding carboxylic acids is 2. The SMILES string of the molecule is C=COCC(C)N1C(=O)c2ccccc2C1=O. The number of imide groups is 1. The van der Waals surface area contributed by atoms with Gasteiger partial charge in [-0.15, -0.1) is 0 Å². The summed E-state index contributed by atoms with van der Waals surface area (Å²) < 4.78 is 5.02. The molecule has 0 radical (unpaired) electrons. The molecule has 4 nitrogen and oxygen atoms in total. The van der Waals surface area contributed by atoms with Crippen molar-refractivity contribution in [3.8, 4) is 0 Å². The lowest BCUT2D eigenvalue weighted by Crippen LogP contribution is -2.40. The summed E-state index contributed by atoms with van der Waals surface area (Å²) in [5.41, 5.74) is 0.922. The minimum atomic E-state index is -0.305. The van der Waals surface area contributed by atoms with E-state index in [1.807, 2.05) is 0 Å². The van der Waals surface area contributed by atoms with E-state index in [0.717, 1.165) is 0 Å². The Morgan fingerprint density at radius 2 is 1.82 bits per heavy atom. The molecule has 2 rings (SSSR count). The first-order valence-electron chi connectivity index (χ1n) is 5.36. The summed E-state index contributed by atoms with van der Waals surface area (Å²) in [6, 6.07) is 6.52. The zero-order valence-electron chi connectivity index (χ0n) is 9.55. The van der Waals surface area contributed by atoms with Gasteiger partial charge in [-0.3, -0.25) is 14.5 Å². The van der Waals surface area contributed by atoms with E-state index in [1.165, 1.54) is 11.2 Å². The highest BCUT2D eigenvalue weighted by Gasteiger charge is 2.38. The number of benzene rings is 1. The lowest BCUT2D eigenvalue weighted by atomic mass is 10.1. The molecular formula is C13H13NO3. The van der Waals surface area contributed by atoms with Crippen LogP contribution in [0.15, 0.2) is 37.1 Å². The predicted molar refractivity (Wildman–Crippen MR) is 62.6 cm³/mol. The Morgan fingerprint density at radius 1 is 1.29 bits per heavy atom. The molecule has 4 heteroatoms. The number of carbonyl (C=O) groups is 2. The molecule has 88 valence electrons. The maximum atomic E-state index is 12.0. The van der Waals surface area contributed by atoms with Crippen LogP contribution in [0.5, 0.6) is 0 Å². The molecule has 0 bridgehead atoms. The lowest BCUT2D eigenvalue weighted by molar-refractivity contribution is 0.0526. The molecule has 2 amide bonds. The Bertz CT molecular complexity index is 446. The van der Waals surface area contributed by atoms with Crippen LogP contribution in [0.1, 0.15) is 27.6 Å². The highest BCUT2D eigenvalue weighted by molar-refractivity contribution is 6.21. The summed E-state index contributed by atoms with van der Waals surface area (Å²) in [5, 5.41) is 0. The number of ether oxygens (including phenoxy) is 1. The molecule has 0 spiro atoms. The average molecular weight is 231 g/mol. The van der Waals surface area contributed by atoms with Crippen LogP contribution >= 0.6 is 0 Å². The summed E-state index contributed by atoms with van der Waals surface area (Å²) in [4.78, 5) is 25.3. The molecule has 0 aliphatic carbocycles. The number of nitrogens with zero attached hydrogens (tertiary/aromatic N) is 1. The molecule has 1 aromatic carbocycles. The Balaban J connectivity index is 2.26. The van der Waals surface area contributed by atoms with Gasteiger partial charge in [0.25, 0.3) is 11.8 Å². The minimum Gasteiger partial charge on any atom is -0.500 e. The van der Waals surface area contributed by atoms with Crippen LogP contribution < -0.4 is 0 Å². The molecule has 1 aliphatic rings. The quantitative estimate of drug-likeness (QED) is 0.586. The van der Waals surface area contributed by atoms with Gasteiger partial charge < -0.3 is 4.74 Å². The van der Waals surface area contributed by atoms with Crippen LogP contribution in [-0.2, 0) is 4.74 Å². The number of hydrogen-bond donors (Lipinski definition) is 0. The van der Waals surface area contributed by atoms with Crippen molar-refractivity contribution < 1.29 is 14.3 Å². The van der Waals surface area contributed by atoms with Crippen molar-refractivity contribution in [2.45, 2.75) is 13.0 Å². The minimum absolute atomic E-state index is 0.259. The van der Waals surface area contributed by atoms with Crippen molar-refractivity contribution in [2.24, 2.45) is 0 Å². The van der Waals surface area contributed by atoms with E-state index in [0.29, 0.717) is 11.1 Å². The smallest absolute Gasteiger partial charge is 0.261 e. The second-order valence-electron chi connectivity index (χ2n) is 3.87. The highest BCUT2D eigenvalue weighted by Crippen LogP contribution is 2.24. The highest BCUT2D eigenvalue weighted by atomic mass is 16.5. The van der Waals surface area contributed by atoms with E-state index in [4.69, 9.17) is 4.74 Å². The molecule has 1 aromatic rings. The molecule has 0 aromatic heterocycles. The number of rotatable bonds is 4. The summed E-state index contributed by atoms with van der Waals surface area (Å²) in [7, 11) is 0. The Kier molecular flexibility index (Phi) is 2.95. The molecule has 1 atom stereocenters.